The Labute approximate surface area is 129 Å². The first-order valence-corrected chi connectivity index (χ1v) is 6.49. The summed E-state index contributed by atoms with van der Waals surface area (Å²) in [4.78, 5) is 26.3. The summed E-state index contributed by atoms with van der Waals surface area (Å²) in [5.41, 5.74) is 1.16. The highest BCUT2D eigenvalue weighted by atomic mass is 16.4. The number of nitrogens with zero attached hydrogens (tertiary/aromatic N) is 4. The van der Waals surface area contributed by atoms with Gasteiger partial charge in [-0.3, -0.25) is 9.78 Å². The molecule has 2 aromatic heterocycles. The molecule has 0 aliphatic carbocycles. The monoisotopic (exact) mass is 310 g/mol. The van der Waals surface area contributed by atoms with Crippen LogP contribution in [0.3, 0.4) is 0 Å². The minimum atomic E-state index is -1.27. The van der Waals surface area contributed by atoms with Crippen LogP contribution in [-0.2, 0) is 0 Å². The van der Waals surface area contributed by atoms with Gasteiger partial charge in [0.05, 0.1) is 5.69 Å². The molecule has 0 aliphatic heterocycles. The van der Waals surface area contributed by atoms with Crippen molar-refractivity contribution in [2.24, 2.45) is 0 Å². The predicted molar refractivity (Wildman–Crippen MR) is 78.6 cm³/mol. The van der Waals surface area contributed by atoms with Crippen LogP contribution in [-0.4, -0.2) is 42.4 Å². The normalized spacial score (nSPS) is 10.4. The third-order valence-electron chi connectivity index (χ3n) is 3.20. The van der Waals surface area contributed by atoms with E-state index in [1.54, 1.807) is 24.5 Å². The number of benzene rings is 1. The van der Waals surface area contributed by atoms with Gasteiger partial charge in [0.2, 0.25) is 0 Å². The van der Waals surface area contributed by atoms with E-state index in [1.807, 2.05) is 0 Å². The van der Waals surface area contributed by atoms with Gasteiger partial charge in [0.15, 0.2) is 12.0 Å². The Bertz CT molecular complexity index is 890. The van der Waals surface area contributed by atoms with Crippen LogP contribution in [0.15, 0.2) is 42.7 Å². The third-order valence-corrected chi connectivity index (χ3v) is 3.20. The third kappa shape index (κ3) is 2.53. The molecule has 3 aromatic rings. The summed E-state index contributed by atoms with van der Waals surface area (Å²) in [5.74, 6) is -1.64. The highest BCUT2D eigenvalue weighted by Crippen LogP contribution is 2.26. The maximum absolute atomic E-state index is 11.2. The molecule has 23 heavy (non-hydrogen) atoms. The van der Waals surface area contributed by atoms with Crippen LogP contribution in [0.5, 0.6) is 5.75 Å². The van der Waals surface area contributed by atoms with Crippen LogP contribution >= 0.6 is 0 Å². The highest BCUT2D eigenvalue weighted by Gasteiger charge is 2.18. The minimum absolute atomic E-state index is 0.1000. The van der Waals surface area contributed by atoms with Crippen LogP contribution in [0.25, 0.3) is 16.9 Å². The molecular formula is C15H10N4O4. The topological polar surface area (TPSA) is 118 Å². The summed E-state index contributed by atoms with van der Waals surface area (Å²) in [6, 6.07) is 7.40. The molecule has 0 unspecified atom stereocenters. The number of carboxylic acids is 1. The molecule has 0 aliphatic rings. The number of carbonyl (C=O) groups is 2. The second kappa shape index (κ2) is 5.68. The average molecular weight is 310 g/mol. The number of rotatable bonds is 4. The van der Waals surface area contributed by atoms with Gasteiger partial charge in [-0.1, -0.05) is 5.21 Å². The molecule has 8 nitrogen and oxygen atoms in total. The number of hydrogen-bond donors (Lipinski definition) is 2. The molecule has 0 spiro atoms. The van der Waals surface area contributed by atoms with Crippen LogP contribution in [0.4, 0.5) is 0 Å². The SMILES string of the molecule is O=Cc1nnn(-c2ccc(O)c(C(=O)O)c2)c1-c1cccnc1. The van der Waals surface area contributed by atoms with Gasteiger partial charge in [-0.15, -0.1) is 5.10 Å². The Kier molecular flexibility index (Phi) is 3.55. The maximum atomic E-state index is 11.2. The zero-order valence-corrected chi connectivity index (χ0v) is 11.6. The van der Waals surface area contributed by atoms with Crippen molar-refractivity contribution in [3.63, 3.8) is 0 Å². The summed E-state index contributed by atoms with van der Waals surface area (Å²) >= 11 is 0. The molecule has 0 atom stereocenters. The van der Waals surface area contributed by atoms with Gasteiger partial charge >= 0.3 is 5.97 Å². The van der Waals surface area contributed by atoms with E-state index in [1.165, 1.54) is 22.9 Å². The molecule has 2 N–H and O–H groups in total. The lowest BCUT2D eigenvalue weighted by Crippen LogP contribution is -2.04. The first-order chi connectivity index (χ1) is 11.1. The molecule has 0 bridgehead atoms. The lowest BCUT2D eigenvalue weighted by Gasteiger charge is -2.08. The van der Waals surface area contributed by atoms with Crippen LogP contribution in [0, 0.1) is 0 Å². The number of phenols is 1. The first kappa shape index (κ1) is 14.4. The fourth-order valence-electron chi connectivity index (χ4n) is 2.15. The van der Waals surface area contributed by atoms with Gasteiger partial charge in [0.1, 0.15) is 17.0 Å². The van der Waals surface area contributed by atoms with E-state index in [9.17, 15) is 14.7 Å². The summed E-state index contributed by atoms with van der Waals surface area (Å²) < 4.78 is 1.33. The molecule has 0 saturated heterocycles. The molecule has 0 amide bonds. The smallest absolute Gasteiger partial charge is 0.339 e. The van der Waals surface area contributed by atoms with Crippen LogP contribution in [0.1, 0.15) is 20.8 Å². The lowest BCUT2D eigenvalue weighted by molar-refractivity contribution is 0.0693. The van der Waals surface area contributed by atoms with Gasteiger partial charge in [0, 0.05) is 18.0 Å². The van der Waals surface area contributed by atoms with Crippen molar-refractivity contribution in [2.75, 3.05) is 0 Å². The summed E-state index contributed by atoms with van der Waals surface area (Å²) in [7, 11) is 0. The molecule has 3 rings (SSSR count). The zero-order chi connectivity index (χ0) is 16.4. The lowest BCUT2D eigenvalue weighted by atomic mass is 10.1. The van der Waals surface area contributed by atoms with Crippen molar-refractivity contribution in [3.05, 3.63) is 54.0 Å². The Morgan fingerprint density at radius 3 is 2.74 bits per heavy atom. The van der Waals surface area contributed by atoms with Crippen LogP contribution < -0.4 is 0 Å². The van der Waals surface area contributed by atoms with E-state index in [4.69, 9.17) is 5.11 Å². The number of aldehydes is 1. The van der Waals surface area contributed by atoms with Crippen molar-refractivity contribution in [1.29, 1.82) is 0 Å². The first-order valence-electron chi connectivity index (χ1n) is 6.49. The molecule has 0 saturated carbocycles. The van der Waals surface area contributed by atoms with Gasteiger partial charge in [-0.2, -0.15) is 0 Å². The second-order valence-corrected chi connectivity index (χ2v) is 4.60. The number of aromatic hydroxyl groups is 1. The molecule has 1 aromatic carbocycles. The Hall–Kier alpha value is -3.55. The quantitative estimate of drug-likeness (QED) is 0.702. The predicted octanol–water partition coefficient (Wildman–Crippen LogP) is 1.55. The van der Waals surface area contributed by atoms with E-state index in [2.05, 4.69) is 15.3 Å². The molecule has 0 fully saturated rings. The van der Waals surface area contributed by atoms with Gasteiger partial charge in [-0.25, -0.2) is 9.48 Å². The van der Waals surface area contributed by atoms with Gasteiger partial charge < -0.3 is 10.2 Å². The van der Waals surface area contributed by atoms with E-state index in [0.29, 0.717) is 23.2 Å². The minimum Gasteiger partial charge on any atom is -0.507 e. The van der Waals surface area contributed by atoms with E-state index in [-0.39, 0.29) is 17.0 Å². The van der Waals surface area contributed by atoms with Gasteiger partial charge in [-0.05, 0) is 30.3 Å². The van der Waals surface area contributed by atoms with Crippen LogP contribution in [0.2, 0.25) is 0 Å². The molecule has 0 radical (unpaired) electrons. The Morgan fingerprint density at radius 1 is 1.26 bits per heavy atom. The number of aromatic carboxylic acids is 1. The molecule has 8 heteroatoms. The second-order valence-electron chi connectivity index (χ2n) is 4.60. The maximum Gasteiger partial charge on any atom is 0.339 e. The summed E-state index contributed by atoms with van der Waals surface area (Å²) in [6.07, 6.45) is 3.69. The van der Waals surface area contributed by atoms with Crippen molar-refractivity contribution >= 4 is 12.3 Å². The Morgan fingerprint density at radius 2 is 2.09 bits per heavy atom. The number of pyridine rings is 1. The fraction of sp³-hybridized carbons (Fsp3) is 0. The molecular weight excluding hydrogens is 300 g/mol. The average Bonchev–Trinajstić information content (AvgIpc) is 2.99. The van der Waals surface area contributed by atoms with Crippen molar-refractivity contribution < 1.29 is 19.8 Å². The van der Waals surface area contributed by atoms with Gasteiger partial charge in [0.25, 0.3) is 0 Å². The molecule has 114 valence electrons. The van der Waals surface area contributed by atoms with E-state index >= 15 is 0 Å². The Balaban J connectivity index is 2.22. The largest absolute Gasteiger partial charge is 0.507 e. The number of aromatic nitrogens is 4. The van der Waals surface area contributed by atoms with Crippen molar-refractivity contribution in [1.82, 2.24) is 20.0 Å². The van der Waals surface area contributed by atoms with Crippen molar-refractivity contribution in [3.8, 4) is 22.7 Å². The number of carboxylic acid groups (broad SMARTS) is 1. The number of hydrogen-bond acceptors (Lipinski definition) is 6. The standard InChI is InChI=1S/C15H10N4O4/c20-8-12-14(9-2-1-5-16-7-9)19(18-17-12)10-3-4-13(21)11(6-10)15(22)23/h1-8,21H,(H,22,23). The number of carbonyl (C=O) groups excluding carboxylic acids is 1. The fourth-order valence-corrected chi connectivity index (χ4v) is 2.15. The van der Waals surface area contributed by atoms with E-state index < -0.39 is 5.97 Å². The molecule has 2 heterocycles. The summed E-state index contributed by atoms with van der Waals surface area (Å²) in [6.45, 7) is 0. The zero-order valence-electron chi connectivity index (χ0n) is 11.6. The van der Waals surface area contributed by atoms with E-state index in [0.717, 1.165) is 0 Å². The highest BCUT2D eigenvalue weighted by molar-refractivity contribution is 5.91. The summed E-state index contributed by atoms with van der Waals surface area (Å²) in [5, 5.41) is 26.4. The van der Waals surface area contributed by atoms with Crippen molar-refractivity contribution in [2.45, 2.75) is 0 Å².